The van der Waals surface area contributed by atoms with Crippen molar-refractivity contribution in [2.45, 2.75) is 18.4 Å². The topological polar surface area (TPSA) is 75.6 Å². The number of carbonyl (C=O) groups is 2. The predicted molar refractivity (Wildman–Crippen MR) is 91.1 cm³/mol. The molecule has 1 aliphatic heterocycles. The van der Waals surface area contributed by atoms with Gasteiger partial charge < -0.3 is 15.2 Å². The molecule has 0 saturated carbocycles. The van der Waals surface area contributed by atoms with Crippen LogP contribution in [0.2, 0.25) is 10.0 Å². The second kappa shape index (κ2) is 6.70. The van der Waals surface area contributed by atoms with Crippen LogP contribution in [0.15, 0.2) is 36.4 Å². The Hall–Kier alpha value is -2.29. The van der Waals surface area contributed by atoms with Crippen LogP contribution in [-0.2, 0) is 10.4 Å². The van der Waals surface area contributed by atoms with Crippen molar-refractivity contribution < 1.29 is 32.6 Å². The Kier molecular flexibility index (Phi) is 4.83. The van der Waals surface area contributed by atoms with E-state index in [-0.39, 0.29) is 26.9 Å². The van der Waals surface area contributed by atoms with Crippen LogP contribution in [0.1, 0.15) is 22.3 Å². The van der Waals surface area contributed by atoms with Gasteiger partial charge in [-0.3, -0.25) is 9.59 Å². The quantitative estimate of drug-likeness (QED) is 0.724. The highest BCUT2D eigenvalue weighted by Crippen LogP contribution is 2.46. The molecule has 0 fully saturated rings. The van der Waals surface area contributed by atoms with E-state index in [4.69, 9.17) is 23.2 Å². The molecule has 1 aliphatic rings. The number of anilines is 1. The van der Waals surface area contributed by atoms with Gasteiger partial charge in [0, 0.05) is 16.1 Å². The van der Waals surface area contributed by atoms with Crippen molar-refractivity contribution in [3.63, 3.8) is 0 Å². The largest absolute Gasteiger partial charge is 0.573 e. The lowest BCUT2D eigenvalue weighted by atomic mass is 9.88. The van der Waals surface area contributed by atoms with E-state index >= 15 is 0 Å². The molecule has 3 rings (SSSR count). The number of aliphatic hydroxyl groups is 1. The van der Waals surface area contributed by atoms with Crippen LogP contribution < -0.4 is 10.1 Å². The summed E-state index contributed by atoms with van der Waals surface area (Å²) in [6, 6.07) is 6.91. The van der Waals surface area contributed by atoms with Crippen molar-refractivity contribution in [1.29, 1.82) is 0 Å². The average molecular weight is 420 g/mol. The molecule has 5 nitrogen and oxygen atoms in total. The maximum absolute atomic E-state index is 12.5. The minimum Gasteiger partial charge on any atom is -0.406 e. The first kappa shape index (κ1) is 19.5. The SMILES string of the molecule is O=C(CC1(O)C(=O)Nc2c(Cl)ccc(Cl)c21)c1ccc(OC(F)(F)F)cc1. The summed E-state index contributed by atoms with van der Waals surface area (Å²) in [5, 5.41) is 13.4. The second-order valence-electron chi connectivity index (χ2n) is 5.77. The van der Waals surface area contributed by atoms with Crippen molar-refractivity contribution in [3.05, 3.63) is 57.6 Å². The van der Waals surface area contributed by atoms with Crippen molar-refractivity contribution in [2.24, 2.45) is 0 Å². The van der Waals surface area contributed by atoms with Gasteiger partial charge in [0.1, 0.15) is 5.75 Å². The maximum atomic E-state index is 12.5. The molecule has 2 N–H and O–H groups in total. The molecule has 1 unspecified atom stereocenters. The fourth-order valence-electron chi connectivity index (χ4n) is 2.75. The van der Waals surface area contributed by atoms with Gasteiger partial charge in [0.25, 0.3) is 5.91 Å². The van der Waals surface area contributed by atoms with Gasteiger partial charge >= 0.3 is 6.36 Å². The summed E-state index contributed by atoms with van der Waals surface area (Å²) < 4.78 is 40.3. The Morgan fingerprint density at radius 3 is 2.30 bits per heavy atom. The van der Waals surface area contributed by atoms with Crippen molar-refractivity contribution >= 4 is 40.6 Å². The zero-order valence-corrected chi connectivity index (χ0v) is 14.7. The van der Waals surface area contributed by atoms with E-state index in [0.29, 0.717) is 0 Å². The Bertz CT molecular complexity index is 931. The minimum atomic E-state index is -4.86. The summed E-state index contributed by atoms with van der Waals surface area (Å²) in [5.41, 5.74) is -2.18. The van der Waals surface area contributed by atoms with Crippen LogP contribution in [0.3, 0.4) is 0 Å². The van der Waals surface area contributed by atoms with Gasteiger partial charge in [-0.05, 0) is 36.4 Å². The van der Waals surface area contributed by atoms with E-state index in [0.717, 1.165) is 24.3 Å². The molecule has 10 heteroatoms. The lowest BCUT2D eigenvalue weighted by Crippen LogP contribution is -2.36. The smallest absolute Gasteiger partial charge is 0.406 e. The molecule has 2 aromatic rings. The van der Waals surface area contributed by atoms with E-state index < -0.39 is 35.8 Å². The Morgan fingerprint density at radius 2 is 1.70 bits per heavy atom. The third-order valence-corrected chi connectivity index (χ3v) is 4.59. The van der Waals surface area contributed by atoms with Gasteiger partial charge in [0.2, 0.25) is 0 Å². The molecule has 0 aromatic heterocycles. The lowest BCUT2D eigenvalue weighted by molar-refractivity contribution is -0.274. The van der Waals surface area contributed by atoms with E-state index in [2.05, 4.69) is 10.1 Å². The predicted octanol–water partition coefficient (Wildman–Crippen LogP) is 4.30. The third-order valence-electron chi connectivity index (χ3n) is 3.96. The molecule has 0 radical (unpaired) electrons. The Morgan fingerprint density at radius 1 is 1.11 bits per heavy atom. The number of ether oxygens (including phenoxy) is 1. The van der Waals surface area contributed by atoms with Crippen LogP contribution in [0.25, 0.3) is 0 Å². The first-order chi connectivity index (χ1) is 12.5. The van der Waals surface area contributed by atoms with Gasteiger partial charge in [-0.1, -0.05) is 23.2 Å². The number of carbonyl (C=O) groups excluding carboxylic acids is 2. The lowest BCUT2D eigenvalue weighted by Gasteiger charge is -2.21. The highest BCUT2D eigenvalue weighted by molar-refractivity contribution is 6.38. The van der Waals surface area contributed by atoms with Gasteiger partial charge in [-0.15, -0.1) is 13.2 Å². The molecule has 0 spiro atoms. The number of halogens is 5. The van der Waals surface area contributed by atoms with Crippen LogP contribution in [-0.4, -0.2) is 23.2 Å². The summed E-state index contributed by atoms with van der Waals surface area (Å²) in [4.78, 5) is 24.7. The molecule has 1 atom stereocenters. The van der Waals surface area contributed by atoms with Crippen molar-refractivity contribution in [3.8, 4) is 5.75 Å². The standard InChI is InChI=1S/C17H10Cl2F3NO4/c18-10-5-6-11(19)14-13(10)16(26,15(25)23-14)7-12(24)8-1-3-9(4-2-8)27-17(20,21)22/h1-6,26H,7H2,(H,23,25). The van der Waals surface area contributed by atoms with Gasteiger partial charge in [0.15, 0.2) is 11.4 Å². The van der Waals surface area contributed by atoms with E-state index in [1.807, 2.05) is 0 Å². The number of fused-ring (bicyclic) bond motifs is 1. The molecule has 1 amide bonds. The van der Waals surface area contributed by atoms with E-state index in [9.17, 15) is 27.9 Å². The van der Waals surface area contributed by atoms with Crippen molar-refractivity contribution in [1.82, 2.24) is 0 Å². The maximum Gasteiger partial charge on any atom is 0.573 e. The first-order valence-electron chi connectivity index (χ1n) is 7.42. The van der Waals surface area contributed by atoms with Gasteiger partial charge in [-0.25, -0.2) is 0 Å². The van der Waals surface area contributed by atoms with E-state index in [1.165, 1.54) is 12.1 Å². The average Bonchev–Trinajstić information content (AvgIpc) is 2.83. The van der Waals surface area contributed by atoms with Crippen LogP contribution in [0, 0.1) is 0 Å². The minimum absolute atomic E-state index is 0.0163. The van der Waals surface area contributed by atoms with Crippen LogP contribution in [0.5, 0.6) is 5.75 Å². The second-order valence-corrected chi connectivity index (χ2v) is 6.58. The number of Topliss-reactive ketones (excluding diaryl/α,β-unsaturated/α-hetero) is 1. The van der Waals surface area contributed by atoms with E-state index in [1.54, 1.807) is 0 Å². The summed E-state index contributed by atoms with van der Waals surface area (Å²) in [6.07, 6.45) is -5.53. The van der Waals surface area contributed by atoms with Crippen molar-refractivity contribution in [2.75, 3.05) is 5.32 Å². The summed E-state index contributed by atoms with van der Waals surface area (Å²) in [5.74, 6) is -2.07. The molecule has 142 valence electrons. The zero-order chi connectivity index (χ0) is 20.0. The Labute approximate surface area is 160 Å². The number of hydrogen-bond donors (Lipinski definition) is 2. The molecule has 0 bridgehead atoms. The number of ketones is 1. The Balaban J connectivity index is 1.87. The number of benzene rings is 2. The molecular weight excluding hydrogens is 410 g/mol. The number of amides is 1. The number of rotatable bonds is 4. The fraction of sp³-hybridized carbons (Fsp3) is 0.176. The number of nitrogens with one attached hydrogen (secondary N) is 1. The highest BCUT2D eigenvalue weighted by Gasteiger charge is 2.49. The van der Waals surface area contributed by atoms with Gasteiger partial charge in [-0.2, -0.15) is 0 Å². The summed E-state index contributed by atoms with van der Waals surface area (Å²) in [7, 11) is 0. The molecule has 0 aliphatic carbocycles. The zero-order valence-electron chi connectivity index (χ0n) is 13.2. The molecule has 1 heterocycles. The normalized spacial score (nSPS) is 18.8. The molecular formula is C17H10Cl2F3NO4. The summed E-state index contributed by atoms with van der Waals surface area (Å²) in [6.45, 7) is 0. The third kappa shape index (κ3) is 3.73. The fourth-order valence-corrected chi connectivity index (χ4v) is 3.27. The first-order valence-corrected chi connectivity index (χ1v) is 8.18. The van der Waals surface area contributed by atoms with Gasteiger partial charge in [0.05, 0.1) is 17.1 Å². The number of alkyl halides is 3. The number of hydrogen-bond acceptors (Lipinski definition) is 4. The molecule has 0 saturated heterocycles. The highest BCUT2D eigenvalue weighted by atomic mass is 35.5. The van der Waals surface area contributed by atoms with Crippen LogP contribution >= 0.6 is 23.2 Å². The monoisotopic (exact) mass is 419 g/mol. The van der Waals surface area contributed by atoms with Crippen LogP contribution in [0.4, 0.5) is 18.9 Å². The molecule has 27 heavy (non-hydrogen) atoms. The molecule has 2 aromatic carbocycles. The summed E-state index contributed by atoms with van der Waals surface area (Å²) >= 11 is 12.0.